The van der Waals surface area contributed by atoms with E-state index in [0.29, 0.717) is 11.6 Å². The van der Waals surface area contributed by atoms with E-state index in [-0.39, 0.29) is 27.5 Å². The molecule has 110 valence electrons. The molecule has 0 radical (unpaired) electrons. The summed E-state index contributed by atoms with van der Waals surface area (Å²) in [6, 6.07) is 6.04. The van der Waals surface area contributed by atoms with E-state index in [1.165, 1.54) is 0 Å². The molecule has 0 amide bonds. The van der Waals surface area contributed by atoms with Crippen LogP contribution in [0.5, 0.6) is 0 Å². The third-order valence-electron chi connectivity index (χ3n) is 5.37. The molecule has 2 rings (SSSR count). The van der Waals surface area contributed by atoms with Gasteiger partial charge < -0.3 is 5.32 Å². The number of rotatable bonds is 4. The van der Waals surface area contributed by atoms with E-state index in [1.54, 1.807) is 13.0 Å². The zero-order valence-corrected chi connectivity index (χ0v) is 13.2. The Morgan fingerprint density at radius 1 is 1.25 bits per heavy atom. The molecule has 1 atom stereocenters. The molecule has 1 aliphatic carbocycles. The van der Waals surface area contributed by atoms with Gasteiger partial charge in [0, 0.05) is 23.7 Å². The van der Waals surface area contributed by atoms with Crippen LogP contribution in [0, 0.1) is 27.9 Å². The van der Waals surface area contributed by atoms with Crippen LogP contribution in [0.1, 0.15) is 51.8 Å². The fourth-order valence-electron chi connectivity index (χ4n) is 3.05. The lowest BCUT2D eigenvalue weighted by molar-refractivity contribution is -0.385. The average molecular weight is 276 g/mol. The fraction of sp³-hybridized carbons (Fsp3) is 0.625. The van der Waals surface area contributed by atoms with Gasteiger partial charge in [0.15, 0.2) is 0 Å². The van der Waals surface area contributed by atoms with Gasteiger partial charge in [0.2, 0.25) is 0 Å². The second-order valence-corrected chi connectivity index (χ2v) is 7.07. The summed E-state index contributed by atoms with van der Waals surface area (Å²) in [4.78, 5) is 10.7. The standard InChI is InChI=1S/C16H24N2O2/c1-10-7-8-12(9-13(10)18(19)20)11(2)17-14-15(3,4)16(14,5)6/h7-9,11,14,17H,1-6H3. The van der Waals surface area contributed by atoms with E-state index in [4.69, 9.17) is 0 Å². The first-order valence-corrected chi connectivity index (χ1v) is 7.10. The maximum absolute atomic E-state index is 11.0. The first-order valence-electron chi connectivity index (χ1n) is 7.10. The highest BCUT2D eigenvalue weighted by Gasteiger charge is 2.64. The van der Waals surface area contributed by atoms with Crippen LogP contribution in [-0.4, -0.2) is 11.0 Å². The molecule has 0 aromatic heterocycles. The lowest BCUT2D eigenvalue weighted by Gasteiger charge is -2.16. The summed E-state index contributed by atoms with van der Waals surface area (Å²) in [6.07, 6.45) is 0. The number of nitro groups is 1. The van der Waals surface area contributed by atoms with Crippen molar-refractivity contribution in [3.05, 3.63) is 39.4 Å². The van der Waals surface area contributed by atoms with Crippen molar-refractivity contribution < 1.29 is 4.92 Å². The van der Waals surface area contributed by atoms with Gasteiger partial charge in [0.25, 0.3) is 5.69 Å². The van der Waals surface area contributed by atoms with E-state index in [9.17, 15) is 10.1 Å². The molecule has 0 spiro atoms. The third kappa shape index (κ3) is 2.22. The molecule has 1 unspecified atom stereocenters. The Kier molecular flexibility index (Phi) is 3.41. The molecule has 1 aromatic rings. The molecule has 0 heterocycles. The number of hydrogen-bond acceptors (Lipinski definition) is 3. The Labute approximate surface area is 120 Å². The summed E-state index contributed by atoms with van der Waals surface area (Å²) in [5.74, 6) is 0. The summed E-state index contributed by atoms with van der Waals surface area (Å²) >= 11 is 0. The predicted octanol–water partition coefficient (Wildman–Crippen LogP) is 3.99. The van der Waals surface area contributed by atoms with Gasteiger partial charge in [0.05, 0.1) is 4.92 Å². The van der Waals surface area contributed by atoms with Crippen LogP contribution < -0.4 is 5.32 Å². The summed E-state index contributed by atoms with van der Waals surface area (Å²) in [5, 5.41) is 14.6. The Bertz CT molecular complexity index is 535. The maximum Gasteiger partial charge on any atom is 0.272 e. The van der Waals surface area contributed by atoms with Gasteiger partial charge in [-0.25, -0.2) is 0 Å². The van der Waals surface area contributed by atoms with Crippen molar-refractivity contribution in [2.45, 2.75) is 53.6 Å². The van der Waals surface area contributed by atoms with Crippen molar-refractivity contribution in [3.63, 3.8) is 0 Å². The maximum atomic E-state index is 11.0. The van der Waals surface area contributed by atoms with Gasteiger partial charge >= 0.3 is 0 Å². The number of nitrogens with one attached hydrogen (secondary N) is 1. The molecule has 1 aliphatic rings. The average Bonchev–Trinajstić information content (AvgIpc) is 2.71. The minimum absolute atomic E-state index is 0.111. The zero-order valence-electron chi connectivity index (χ0n) is 13.2. The van der Waals surface area contributed by atoms with Crippen LogP contribution in [-0.2, 0) is 0 Å². The molecule has 1 saturated carbocycles. The van der Waals surface area contributed by atoms with Gasteiger partial charge in [-0.3, -0.25) is 10.1 Å². The first kappa shape index (κ1) is 15.0. The van der Waals surface area contributed by atoms with Gasteiger partial charge in [-0.2, -0.15) is 0 Å². The number of aryl methyl sites for hydroxylation is 1. The molecule has 0 aliphatic heterocycles. The zero-order chi connectivity index (χ0) is 15.3. The highest BCUT2D eigenvalue weighted by atomic mass is 16.6. The number of hydrogen-bond donors (Lipinski definition) is 1. The molecule has 4 heteroatoms. The Balaban J connectivity index is 2.17. The van der Waals surface area contributed by atoms with E-state index in [2.05, 4.69) is 39.9 Å². The van der Waals surface area contributed by atoms with Gasteiger partial charge in [-0.15, -0.1) is 0 Å². The van der Waals surface area contributed by atoms with Crippen LogP contribution in [0.15, 0.2) is 18.2 Å². The largest absolute Gasteiger partial charge is 0.306 e. The van der Waals surface area contributed by atoms with E-state index < -0.39 is 0 Å². The number of nitrogens with zero attached hydrogens (tertiary/aromatic N) is 1. The van der Waals surface area contributed by atoms with Crippen molar-refractivity contribution in [1.82, 2.24) is 5.32 Å². The van der Waals surface area contributed by atoms with Crippen molar-refractivity contribution in [2.75, 3.05) is 0 Å². The third-order valence-corrected chi connectivity index (χ3v) is 5.37. The Morgan fingerprint density at radius 3 is 2.25 bits per heavy atom. The second-order valence-electron chi connectivity index (χ2n) is 7.07. The SMILES string of the molecule is Cc1ccc(C(C)NC2C(C)(C)C2(C)C)cc1[N+](=O)[O-]. The molecule has 1 fully saturated rings. The quantitative estimate of drug-likeness (QED) is 0.668. The Morgan fingerprint density at radius 2 is 1.80 bits per heavy atom. The summed E-state index contributed by atoms with van der Waals surface area (Å²) in [6.45, 7) is 12.9. The normalized spacial score (nSPS) is 21.5. The van der Waals surface area contributed by atoms with Crippen LogP contribution in [0.25, 0.3) is 0 Å². The van der Waals surface area contributed by atoms with Gasteiger partial charge in [-0.1, -0.05) is 39.8 Å². The monoisotopic (exact) mass is 276 g/mol. The van der Waals surface area contributed by atoms with Crippen molar-refractivity contribution >= 4 is 5.69 Å². The van der Waals surface area contributed by atoms with Crippen molar-refractivity contribution in [3.8, 4) is 0 Å². The minimum Gasteiger partial charge on any atom is -0.306 e. The van der Waals surface area contributed by atoms with Gasteiger partial charge in [-0.05, 0) is 30.2 Å². The van der Waals surface area contributed by atoms with Gasteiger partial charge in [0.1, 0.15) is 0 Å². The topological polar surface area (TPSA) is 55.2 Å². The minimum atomic E-state index is -0.309. The van der Waals surface area contributed by atoms with E-state index in [1.807, 2.05) is 12.1 Å². The second kappa shape index (κ2) is 4.55. The molecular formula is C16H24N2O2. The summed E-state index contributed by atoms with van der Waals surface area (Å²) in [7, 11) is 0. The number of benzene rings is 1. The lowest BCUT2D eigenvalue weighted by atomic mass is 10.0. The highest BCUT2D eigenvalue weighted by molar-refractivity contribution is 5.43. The molecule has 1 N–H and O–H groups in total. The van der Waals surface area contributed by atoms with Crippen LogP contribution in [0.3, 0.4) is 0 Å². The Hall–Kier alpha value is -1.42. The van der Waals surface area contributed by atoms with E-state index >= 15 is 0 Å². The van der Waals surface area contributed by atoms with Crippen molar-refractivity contribution in [1.29, 1.82) is 0 Å². The lowest BCUT2D eigenvalue weighted by Crippen LogP contribution is -2.25. The molecule has 1 aromatic carbocycles. The van der Waals surface area contributed by atoms with Crippen molar-refractivity contribution in [2.24, 2.45) is 10.8 Å². The molecule has 0 saturated heterocycles. The molecule has 4 nitrogen and oxygen atoms in total. The number of nitro benzene ring substituents is 1. The fourth-order valence-corrected chi connectivity index (χ4v) is 3.05. The highest BCUT2D eigenvalue weighted by Crippen LogP contribution is 2.63. The molecule has 20 heavy (non-hydrogen) atoms. The summed E-state index contributed by atoms with van der Waals surface area (Å²) < 4.78 is 0. The smallest absolute Gasteiger partial charge is 0.272 e. The van der Waals surface area contributed by atoms with Crippen LogP contribution >= 0.6 is 0 Å². The van der Waals surface area contributed by atoms with Crippen LogP contribution in [0.4, 0.5) is 5.69 Å². The first-order chi connectivity index (χ1) is 9.09. The van der Waals surface area contributed by atoms with Crippen LogP contribution in [0.2, 0.25) is 0 Å². The molecular weight excluding hydrogens is 252 g/mol. The molecule has 0 bridgehead atoms. The predicted molar refractivity (Wildman–Crippen MR) is 80.7 cm³/mol. The summed E-state index contributed by atoms with van der Waals surface area (Å²) in [5.41, 5.74) is 2.40. The van der Waals surface area contributed by atoms with E-state index in [0.717, 1.165) is 5.56 Å².